The van der Waals surface area contributed by atoms with Crippen molar-refractivity contribution in [1.82, 2.24) is 14.7 Å². The fourth-order valence-corrected chi connectivity index (χ4v) is 3.88. The highest BCUT2D eigenvalue weighted by atomic mass is 32.2. The van der Waals surface area contributed by atoms with Gasteiger partial charge in [-0.3, -0.25) is 4.90 Å². The highest BCUT2D eigenvalue weighted by Gasteiger charge is 2.31. The number of hydrogen-bond acceptors (Lipinski definition) is 5. The Morgan fingerprint density at radius 2 is 2.14 bits per heavy atom. The molecule has 2 rings (SSSR count). The third kappa shape index (κ3) is 3.77. The van der Waals surface area contributed by atoms with Crippen molar-refractivity contribution in [2.75, 3.05) is 32.2 Å². The van der Waals surface area contributed by atoms with E-state index in [-0.39, 0.29) is 11.8 Å². The molecule has 120 valence electrons. The van der Waals surface area contributed by atoms with Crippen molar-refractivity contribution in [3.63, 3.8) is 0 Å². The van der Waals surface area contributed by atoms with Gasteiger partial charge in [-0.2, -0.15) is 5.10 Å². The van der Waals surface area contributed by atoms with Crippen LogP contribution in [0.3, 0.4) is 0 Å². The van der Waals surface area contributed by atoms with Crippen molar-refractivity contribution in [3.05, 3.63) is 11.3 Å². The number of aromatic nitrogens is 2. The molecule has 1 aromatic heterocycles. The van der Waals surface area contributed by atoms with Crippen molar-refractivity contribution >= 4 is 9.84 Å². The topological polar surface area (TPSA) is 64.4 Å². The number of rotatable bonds is 6. The van der Waals surface area contributed by atoms with Crippen LogP contribution in [0.5, 0.6) is 5.88 Å². The second kappa shape index (κ2) is 6.36. The average molecular weight is 315 g/mol. The Balaban J connectivity index is 2.12. The van der Waals surface area contributed by atoms with Crippen LogP contribution in [0, 0.1) is 6.92 Å². The van der Waals surface area contributed by atoms with Gasteiger partial charge in [-0.15, -0.1) is 0 Å². The Morgan fingerprint density at radius 3 is 2.76 bits per heavy atom. The van der Waals surface area contributed by atoms with Crippen LogP contribution in [0.4, 0.5) is 0 Å². The van der Waals surface area contributed by atoms with Crippen LogP contribution in [0.2, 0.25) is 0 Å². The summed E-state index contributed by atoms with van der Waals surface area (Å²) < 4.78 is 29.8. The van der Waals surface area contributed by atoms with Crippen LogP contribution in [0.15, 0.2) is 0 Å². The van der Waals surface area contributed by atoms with E-state index in [1.54, 1.807) is 11.8 Å². The summed E-state index contributed by atoms with van der Waals surface area (Å²) in [5.74, 6) is 1.06. The third-order valence-electron chi connectivity index (χ3n) is 4.06. The van der Waals surface area contributed by atoms with Crippen molar-refractivity contribution in [1.29, 1.82) is 0 Å². The lowest BCUT2D eigenvalue weighted by atomic mass is 10.0. The van der Waals surface area contributed by atoms with E-state index in [0.717, 1.165) is 43.1 Å². The van der Waals surface area contributed by atoms with Gasteiger partial charge in [0.05, 0.1) is 24.1 Å². The van der Waals surface area contributed by atoms with Gasteiger partial charge in [0, 0.05) is 19.3 Å². The van der Waals surface area contributed by atoms with Gasteiger partial charge in [0.2, 0.25) is 5.88 Å². The van der Waals surface area contributed by atoms with Gasteiger partial charge in [0.15, 0.2) is 0 Å². The number of methoxy groups -OCH3 is 1. The Hall–Kier alpha value is -1.08. The lowest BCUT2D eigenvalue weighted by Gasteiger charge is -2.24. The number of likely N-dealkylation sites (tertiary alicyclic amines) is 1. The van der Waals surface area contributed by atoms with E-state index in [1.807, 2.05) is 14.0 Å². The molecule has 0 aliphatic carbocycles. The molecule has 21 heavy (non-hydrogen) atoms. The molecule has 1 saturated heterocycles. The minimum atomic E-state index is -2.88. The Morgan fingerprint density at radius 1 is 1.43 bits per heavy atom. The zero-order chi connectivity index (χ0) is 15.6. The van der Waals surface area contributed by atoms with E-state index in [1.165, 1.54) is 6.26 Å². The van der Waals surface area contributed by atoms with Crippen LogP contribution in [0.1, 0.15) is 36.6 Å². The summed E-state index contributed by atoms with van der Waals surface area (Å²) in [7, 11) is 0.674. The predicted molar refractivity (Wildman–Crippen MR) is 82.4 cm³/mol. The van der Waals surface area contributed by atoms with Crippen LogP contribution < -0.4 is 4.74 Å². The van der Waals surface area contributed by atoms with Crippen LogP contribution in [-0.2, 0) is 16.9 Å². The van der Waals surface area contributed by atoms with E-state index < -0.39 is 9.84 Å². The molecule has 1 unspecified atom stereocenters. The summed E-state index contributed by atoms with van der Waals surface area (Å²) >= 11 is 0. The van der Waals surface area contributed by atoms with E-state index in [0.29, 0.717) is 6.42 Å². The van der Waals surface area contributed by atoms with Crippen LogP contribution in [-0.4, -0.2) is 55.3 Å². The van der Waals surface area contributed by atoms with Crippen molar-refractivity contribution in [2.24, 2.45) is 7.05 Å². The standard InChI is InChI=1S/C14H25N3O3S/c1-11-13(14(20-3)16(2)15-11)12-7-5-8-17(12)9-6-10-21(4,18)19/h12H,5-10H2,1-4H3. The van der Waals surface area contributed by atoms with E-state index in [4.69, 9.17) is 4.74 Å². The van der Waals surface area contributed by atoms with Gasteiger partial charge in [-0.05, 0) is 39.3 Å². The number of sulfone groups is 1. The number of ether oxygens (including phenoxy) is 1. The largest absolute Gasteiger partial charge is 0.481 e. The lowest BCUT2D eigenvalue weighted by Crippen LogP contribution is -2.26. The SMILES string of the molecule is COc1c(C2CCCN2CCCS(C)(=O)=O)c(C)nn1C. The monoisotopic (exact) mass is 315 g/mol. The molecule has 2 heterocycles. The molecule has 0 N–H and O–H groups in total. The van der Waals surface area contributed by atoms with Crippen LogP contribution in [0.25, 0.3) is 0 Å². The van der Waals surface area contributed by atoms with Gasteiger partial charge >= 0.3 is 0 Å². The molecule has 0 saturated carbocycles. The first-order valence-electron chi connectivity index (χ1n) is 7.32. The molecule has 1 aliphatic rings. The maximum atomic E-state index is 11.3. The minimum Gasteiger partial charge on any atom is -0.481 e. The molecule has 6 nitrogen and oxygen atoms in total. The minimum absolute atomic E-state index is 0.249. The quantitative estimate of drug-likeness (QED) is 0.792. The summed E-state index contributed by atoms with van der Waals surface area (Å²) in [6, 6.07) is 0.285. The highest BCUT2D eigenvalue weighted by molar-refractivity contribution is 7.90. The van der Waals surface area contributed by atoms with Crippen molar-refractivity contribution < 1.29 is 13.2 Å². The van der Waals surface area contributed by atoms with Crippen LogP contribution >= 0.6 is 0 Å². The maximum Gasteiger partial charge on any atom is 0.216 e. The number of aryl methyl sites for hydroxylation is 2. The average Bonchev–Trinajstić information content (AvgIpc) is 2.91. The third-order valence-corrected chi connectivity index (χ3v) is 5.10. The molecule has 1 atom stereocenters. The summed E-state index contributed by atoms with van der Waals surface area (Å²) in [6.45, 7) is 3.81. The Kier molecular flexibility index (Phi) is 4.93. The highest BCUT2D eigenvalue weighted by Crippen LogP contribution is 2.38. The fraction of sp³-hybridized carbons (Fsp3) is 0.786. The molecule has 0 radical (unpaired) electrons. The first-order chi connectivity index (χ1) is 9.83. The molecule has 0 amide bonds. The molecule has 7 heteroatoms. The van der Waals surface area contributed by atoms with Crippen molar-refractivity contribution in [3.8, 4) is 5.88 Å². The lowest BCUT2D eigenvalue weighted by molar-refractivity contribution is 0.250. The fourth-order valence-electron chi connectivity index (χ4n) is 3.23. The molecule has 0 bridgehead atoms. The molecule has 1 fully saturated rings. The van der Waals surface area contributed by atoms with Gasteiger partial charge in [-0.25, -0.2) is 13.1 Å². The van der Waals surface area contributed by atoms with E-state index in [2.05, 4.69) is 10.00 Å². The van der Waals surface area contributed by atoms with E-state index >= 15 is 0 Å². The maximum absolute atomic E-state index is 11.3. The second-order valence-corrected chi connectivity index (χ2v) is 8.07. The Labute approximate surface area is 127 Å². The molecule has 1 aliphatic heterocycles. The van der Waals surface area contributed by atoms with Gasteiger partial charge in [0.25, 0.3) is 0 Å². The molecular weight excluding hydrogens is 290 g/mol. The van der Waals surface area contributed by atoms with Gasteiger partial charge in [0.1, 0.15) is 9.84 Å². The second-order valence-electron chi connectivity index (χ2n) is 5.81. The predicted octanol–water partition coefficient (Wildman–Crippen LogP) is 1.31. The number of hydrogen-bond donors (Lipinski definition) is 0. The van der Waals surface area contributed by atoms with Gasteiger partial charge < -0.3 is 4.74 Å². The molecular formula is C14H25N3O3S. The summed E-state index contributed by atoms with van der Waals surface area (Å²) in [4.78, 5) is 2.36. The summed E-state index contributed by atoms with van der Waals surface area (Å²) in [6.07, 6.45) is 4.17. The van der Waals surface area contributed by atoms with Gasteiger partial charge in [-0.1, -0.05) is 0 Å². The zero-order valence-corrected chi connectivity index (χ0v) is 14.1. The molecule has 0 spiro atoms. The first kappa shape index (κ1) is 16.3. The Bertz CT molecular complexity index is 595. The normalized spacial score (nSPS) is 20.1. The first-order valence-corrected chi connectivity index (χ1v) is 9.39. The molecule has 1 aromatic rings. The number of nitrogens with zero attached hydrogens (tertiary/aromatic N) is 3. The van der Waals surface area contributed by atoms with E-state index in [9.17, 15) is 8.42 Å². The summed E-state index contributed by atoms with van der Waals surface area (Å²) in [5, 5.41) is 4.45. The zero-order valence-electron chi connectivity index (χ0n) is 13.3. The summed E-state index contributed by atoms with van der Waals surface area (Å²) in [5.41, 5.74) is 2.14. The van der Waals surface area contributed by atoms with Crippen molar-refractivity contribution in [2.45, 2.75) is 32.2 Å². The smallest absolute Gasteiger partial charge is 0.216 e. The molecule has 0 aromatic carbocycles.